The van der Waals surface area contributed by atoms with Crippen molar-refractivity contribution < 1.29 is 29.5 Å². The molecule has 1 amide bonds. The molecule has 0 saturated carbocycles. The molecular weight excluding hydrogens is 396 g/mol. The van der Waals surface area contributed by atoms with Crippen LogP contribution in [0.5, 0.6) is 11.5 Å². The van der Waals surface area contributed by atoms with E-state index in [1.165, 1.54) is 0 Å². The molecule has 1 atom stereocenters. The van der Waals surface area contributed by atoms with E-state index in [2.05, 4.69) is 5.32 Å². The number of ether oxygens (including phenoxy) is 2. The molecule has 7 nitrogen and oxygen atoms in total. The summed E-state index contributed by atoms with van der Waals surface area (Å²) in [6, 6.07) is 17.9. The lowest BCUT2D eigenvalue weighted by atomic mass is 10.1. The first kappa shape index (κ1) is 22.1. The van der Waals surface area contributed by atoms with Crippen molar-refractivity contribution in [3.63, 3.8) is 0 Å². The first-order valence-electron chi connectivity index (χ1n) is 10.0. The Balaban J connectivity index is 1.58. The third kappa shape index (κ3) is 5.73. The lowest BCUT2D eigenvalue weighted by Crippen LogP contribution is -2.93. The summed E-state index contributed by atoms with van der Waals surface area (Å²) in [6.07, 6.45) is 0.423. The summed E-state index contributed by atoms with van der Waals surface area (Å²) in [6.45, 7) is 0.482. The predicted molar refractivity (Wildman–Crippen MR) is 116 cm³/mol. The molecule has 0 saturated heterocycles. The Morgan fingerprint density at radius 3 is 2.48 bits per heavy atom. The van der Waals surface area contributed by atoms with Gasteiger partial charge in [-0.25, -0.2) is 0 Å². The molecule has 3 aromatic carbocycles. The number of anilines is 1. The minimum absolute atomic E-state index is 0.183. The summed E-state index contributed by atoms with van der Waals surface area (Å²) in [5.41, 5.74) is 1.64. The van der Waals surface area contributed by atoms with E-state index in [-0.39, 0.29) is 12.3 Å². The number of benzene rings is 3. The van der Waals surface area contributed by atoms with Gasteiger partial charge in [-0.2, -0.15) is 0 Å². The van der Waals surface area contributed by atoms with Crippen LogP contribution in [0.3, 0.4) is 0 Å². The maximum absolute atomic E-state index is 12.5. The third-order valence-electron chi connectivity index (χ3n) is 5.10. The normalized spacial score (nSPS) is 11.7. The van der Waals surface area contributed by atoms with Crippen LogP contribution in [0.1, 0.15) is 12.0 Å². The lowest BCUT2D eigenvalue weighted by Gasteiger charge is -2.17. The van der Waals surface area contributed by atoms with Crippen LogP contribution in [0.15, 0.2) is 60.7 Å². The minimum Gasteiger partial charge on any atom is -0.544 e. The Morgan fingerprint density at radius 2 is 1.74 bits per heavy atom. The number of nitrogens with one attached hydrogen (secondary N) is 1. The highest BCUT2D eigenvalue weighted by atomic mass is 16.5. The molecule has 0 fully saturated rings. The molecule has 162 valence electrons. The first-order valence-corrected chi connectivity index (χ1v) is 10.0. The highest BCUT2D eigenvalue weighted by Crippen LogP contribution is 2.27. The van der Waals surface area contributed by atoms with Crippen LogP contribution < -0.4 is 25.2 Å². The standard InChI is InChI=1S/C24H26N2O5/c1-30-21-11-10-16(14-22(21)31-2)12-13-25-20(24(28)29)15-23(27)26-19-9-5-7-17-6-3-4-8-18(17)19/h3-11,14,20,25H,12-13,15H2,1-2H3,(H,26,27)(H,28,29)/t20-/m1/s1. The Morgan fingerprint density at radius 1 is 1.00 bits per heavy atom. The van der Waals surface area contributed by atoms with Gasteiger partial charge in [-0.15, -0.1) is 0 Å². The molecule has 0 aromatic heterocycles. The van der Waals surface area contributed by atoms with Crippen molar-refractivity contribution in [3.05, 3.63) is 66.2 Å². The van der Waals surface area contributed by atoms with E-state index in [4.69, 9.17) is 9.47 Å². The number of amides is 1. The molecule has 3 rings (SSSR count). The highest BCUT2D eigenvalue weighted by Gasteiger charge is 2.19. The van der Waals surface area contributed by atoms with Crippen molar-refractivity contribution in [1.29, 1.82) is 0 Å². The number of fused-ring (bicyclic) bond motifs is 1. The molecule has 31 heavy (non-hydrogen) atoms. The van der Waals surface area contributed by atoms with Gasteiger partial charge in [0.2, 0.25) is 5.91 Å². The number of quaternary nitrogens is 1. The van der Waals surface area contributed by atoms with Gasteiger partial charge in [0.15, 0.2) is 11.5 Å². The Kier molecular flexibility index (Phi) is 7.45. The van der Waals surface area contributed by atoms with Gasteiger partial charge < -0.3 is 30.0 Å². The maximum atomic E-state index is 12.5. The second kappa shape index (κ2) is 10.4. The zero-order valence-electron chi connectivity index (χ0n) is 17.6. The Labute approximate surface area is 181 Å². The van der Waals surface area contributed by atoms with Crippen molar-refractivity contribution in [2.24, 2.45) is 0 Å². The van der Waals surface area contributed by atoms with Crippen LogP contribution in [0.4, 0.5) is 5.69 Å². The summed E-state index contributed by atoms with van der Waals surface area (Å²) in [7, 11) is 3.13. The zero-order valence-corrected chi connectivity index (χ0v) is 17.6. The number of hydrogen-bond acceptors (Lipinski definition) is 5. The largest absolute Gasteiger partial charge is 0.544 e. The molecule has 3 aromatic rings. The van der Waals surface area contributed by atoms with E-state index in [1.54, 1.807) is 25.6 Å². The van der Waals surface area contributed by atoms with Gasteiger partial charge in [0.1, 0.15) is 6.04 Å². The van der Waals surface area contributed by atoms with Crippen LogP contribution in [0, 0.1) is 0 Å². The first-order chi connectivity index (χ1) is 15.0. The second-order valence-corrected chi connectivity index (χ2v) is 7.17. The summed E-state index contributed by atoms with van der Waals surface area (Å²) in [5.74, 6) is -0.382. The van der Waals surface area contributed by atoms with Crippen molar-refractivity contribution >= 4 is 28.3 Å². The van der Waals surface area contributed by atoms with Gasteiger partial charge >= 0.3 is 0 Å². The van der Waals surface area contributed by atoms with Gasteiger partial charge in [-0.05, 0) is 29.1 Å². The van der Waals surface area contributed by atoms with Crippen molar-refractivity contribution in [1.82, 2.24) is 0 Å². The fourth-order valence-electron chi connectivity index (χ4n) is 3.49. The van der Waals surface area contributed by atoms with E-state index in [0.717, 1.165) is 16.3 Å². The van der Waals surface area contributed by atoms with Gasteiger partial charge in [0, 0.05) is 17.5 Å². The van der Waals surface area contributed by atoms with Gasteiger partial charge in [-0.1, -0.05) is 42.5 Å². The lowest BCUT2D eigenvalue weighted by molar-refractivity contribution is -0.682. The number of rotatable bonds is 10. The number of carboxylic acids is 1. The zero-order chi connectivity index (χ0) is 22.2. The summed E-state index contributed by atoms with van der Waals surface area (Å²) >= 11 is 0. The average Bonchev–Trinajstić information content (AvgIpc) is 2.78. The molecule has 0 unspecified atom stereocenters. The minimum atomic E-state index is -1.26. The van der Waals surface area contributed by atoms with Gasteiger partial charge in [0.25, 0.3) is 0 Å². The van der Waals surface area contributed by atoms with Crippen LogP contribution in [-0.2, 0) is 16.0 Å². The van der Waals surface area contributed by atoms with Gasteiger partial charge in [-0.3, -0.25) is 4.79 Å². The van der Waals surface area contributed by atoms with Crippen molar-refractivity contribution in [2.75, 3.05) is 26.1 Å². The summed E-state index contributed by atoms with van der Waals surface area (Å²) < 4.78 is 10.5. The van der Waals surface area contributed by atoms with Crippen molar-refractivity contribution in [2.45, 2.75) is 18.9 Å². The quantitative estimate of drug-likeness (QED) is 0.509. The smallest absolute Gasteiger partial charge is 0.230 e. The second-order valence-electron chi connectivity index (χ2n) is 7.17. The number of methoxy groups -OCH3 is 2. The van der Waals surface area contributed by atoms with Gasteiger partial charge in [0.05, 0.1) is 33.2 Å². The molecule has 0 radical (unpaired) electrons. The van der Waals surface area contributed by atoms with E-state index < -0.39 is 12.0 Å². The number of aliphatic carboxylic acids is 1. The molecule has 3 N–H and O–H groups in total. The van der Waals surface area contributed by atoms with E-state index in [0.29, 0.717) is 30.2 Å². The molecule has 0 spiro atoms. The van der Waals surface area contributed by atoms with E-state index >= 15 is 0 Å². The molecule has 0 heterocycles. The summed E-state index contributed by atoms with van der Waals surface area (Å²) in [5, 5.41) is 17.9. The van der Waals surface area contributed by atoms with Crippen LogP contribution in [0.25, 0.3) is 10.8 Å². The molecule has 0 aliphatic heterocycles. The summed E-state index contributed by atoms with van der Waals surface area (Å²) in [4.78, 5) is 24.1. The van der Waals surface area contributed by atoms with E-state index in [1.807, 2.05) is 54.6 Å². The molecule has 0 aliphatic rings. The van der Waals surface area contributed by atoms with E-state index in [9.17, 15) is 14.7 Å². The monoisotopic (exact) mass is 422 g/mol. The number of hydrogen-bond donors (Lipinski definition) is 2. The molecule has 0 aliphatic carbocycles. The topological polar surface area (TPSA) is 104 Å². The number of carbonyl (C=O) groups excluding carboxylic acids is 2. The highest BCUT2D eigenvalue weighted by molar-refractivity contribution is 6.02. The predicted octanol–water partition coefficient (Wildman–Crippen LogP) is 1.11. The van der Waals surface area contributed by atoms with Crippen LogP contribution in [-0.4, -0.2) is 38.7 Å². The van der Waals surface area contributed by atoms with Crippen LogP contribution in [0.2, 0.25) is 0 Å². The molecule has 0 bridgehead atoms. The number of carbonyl (C=O) groups is 2. The van der Waals surface area contributed by atoms with Crippen LogP contribution >= 0.6 is 0 Å². The Bertz CT molecular complexity index is 1060. The molecular formula is C24H26N2O5. The average molecular weight is 422 g/mol. The Hall–Kier alpha value is -3.58. The fourth-order valence-corrected chi connectivity index (χ4v) is 3.49. The number of nitrogens with two attached hydrogens (primary N) is 1. The maximum Gasteiger partial charge on any atom is 0.230 e. The number of carboxylic acid groups (broad SMARTS) is 1. The SMILES string of the molecule is COc1ccc(CC[NH2+][C@H](CC(=O)Nc2cccc3ccccc23)C(=O)[O-])cc1OC. The fraction of sp³-hybridized carbons (Fsp3) is 0.250. The third-order valence-corrected chi connectivity index (χ3v) is 5.10. The molecule has 7 heteroatoms. The van der Waals surface area contributed by atoms with Crippen molar-refractivity contribution in [3.8, 4) is 11.5 Å².